The number of anilines is 1. The molecule has 30 heavy (non-hydrogen) atoms. The number of fused-ring (bicyclic) bond motifs is 1. The van der Waals surface area contributed by atoms with Crippen LogP contribution in [0.4, 0.5) is 5.69 Å². The first-order valence-electron chi connectivity index (χ1n) is 10.00. The van der Waals surface area contributed by atoms with Crippen molar-refractivity contribution in [1.82, 2.24) is 9.47 Å². The SMILES string of the molecule is O=C(Cn1cc(C(=O)C(=O)N2CCCCC2)c2ccccc21)Nc1ccc(Br)cc1. The number of nitrogens with one attached hydrogen (secondary N) is 1. The van der Waals surface area contributed by atoms with E-state index < -0.39 is 11.7 Å². The van der Waals surface area contributed by atoms with Gasteiger partial charge in [-0.15, -0.1) is 0 Å². The van der Waals surface area contributed by atoms with Gasteiger partial charge >= 0.3 is 0 Å². The molecule has 1 fully saturated rings. The number of ketones is 1. The van der Waals surface area contributed by atoms with E-state index in [1.807, 2.05) is 48.5 Å². The molecular weight excluding hydrogens is 446 g/mol. The summed E-state index contributed by atoms with van der Waals surface area (Å²) in [7, 11) is 0. The van der Waals surface area contributed by atoms with Crippen LogP contribution in [0.3, 0.4) is 0 Å². The minimum absolute atomic E-state index is 0.0434. The number of aromatic nitrogens is 1. The molecule has 2 amide bonds. The second kappa shape index (κ2) is 8.83. The summed E-state index contributed by atoms with van der Waals surface area (Å²) in [5.41, 5.74) is 1.78. The molecule has 154 valence electrons. The number of benzene rings is 2. The average Bonchev–Trinajstić information content (AvgIpc) is 3.13. The van der Waals surface area contributed by atoms with Crippen LogP contribution in [0.1, 0.15) is 29.6 Å². The van der Waals surface area contributed by atoms with E-state index in [-0.39, 0.29) is 12.5 Å². The molecular formula is C23H22BrN3O3. The van der Waals surface area contributed by atoms with Crippen molar-refractivity contribution < 1.29 is 14.4 Å². The Labute approximate surface area is 183 Å². The Hall–Kier alpha value is -2.93. The molecule has 1 aromatic heterocycles. The van der Waals surface area contributed by atoms with E-state index in [0.717, 1.165) is 29.3 Å². The maximum atomic E-state index is 13.0. The second-order valence-electron chi connectivity index (χ2n) is 7.42. The summed E-state index contributed by atoms with van der Waals surface area (Å²) in [6.45, 7) is 1.29. The van der Waals surface area contributed by atoms with Gasteiger partial charge in [-0.3, -0.25) is 14.4 Å². The summed E-state index contributed by atoms with van der Waals surface area (Å²) in [4.78, 5) is 39.9. The third kappa shape index (κ3) is 4.31. The fourth-order valence-electron chi connectivity index (χ4n) is 3.80. The molecule has 0 atom stereocenters. The Morgan fingerprint density at radius 1 is 0.933 bits per heavy atom. The number of rotatable bonds is 5. The summed E-state index contributed by atoms with van der Waals surface area (Å²) < 4.78 is 2.65. The predicted octanol–water partition coefficient (Wildman–Crippen LogP) is 4.24. The van der Waals surface area contributed by atoms with E-state index in [1.54, 1.807) is 15.7 Å². The summed E-state index contributed by atoms with van der Waals surface area (Å²) >= 11 is 3.37. The van der Waals surface area contributed by atoms with Crippen LogP contribution >= 0.6 is 15.9 Å². The van der Waals surface area contributed by atoms with Crippen LogP contribution in [-0.2, 0) is 16.1 Å². The molecule has 7 heteroatoms. The number of carbonyl (C=O) groups is 3. The molecule has 0 aliphatic carbocycles. The topological polar surface area (TPSA) is 71.4 Å². The van der Waals surface area contributed by atoms with E-state index in [1.165, 1.54) is 0 Å². The zero-order valence-electron chi connectivity index (χ0n) is 16.4. The van der Waals surface area contributed by atoms with Gasteiger partial charge < -0.3 is 14.8 Å². The minimum atomic E-state index is -0.514. The molecule has 0 spiro atoms. The van der Waals surface area contributed by atoms with Crippen LogP contribution in [0.2, 0.25) is 0 Å². The highest BCUT2D eigenvalue weighted by molar-refractivity contribution is 9.10. The van der Waals surface area contributed by atoms with Crippen molar-refractivity contribution in [3.8, 4) is 0 Å². The van der Waals surface area contributed by atoms with Gasteiger partial charge in [-0.1, -0.05) is 34.1 Å². The highest BCUT2D eigenvalue weighted by Crippen LogP contribution is 2.23. The number of para-hydroxylation sites is 1. The molecule has 2 aromatic carbocycles. The largest absolute Gasteiger partial charge is 0.337 e. The lowest BCUT2D eigenvalue weighted by molar-refractivity contribution is -0.127. The van der Waals surface area contributed by atoms with Gasteiger partial charge in [-0.05, 0) is 49.6 Å². The standard InChI is InChI=1S/C23H22BrN3O3/c24-16-8-10-17(11-9-16)25-21(28)15-27-14-19(18-6-2-3-7-20(18)27)22(29)23(30)26-12-4-1-5-13-26/h2-3,6-11,14H,1,4-5,12-13,15H2,(H,25,28). The molecule has 0 bridgehead atoms. The lowest BCUT2D eigenvalue weighted by Crippen LogP contribution is -2.40. The summed E-state index contributed by atoms with van der Waals surface area (Å²) in [5.74, 6) is -1.18. The van der Waals surface area contributed by atoms with E-state index in [9.17, 15) is 14.4 Å². The quantitative estimate of drug-likeness (QED) is 0.450. The maximum Gasteiger partial charge on any atom is 0.295 e. The zero-order chi connectivity index (χ0) is 21.1. The smallest absolute Gasteiger partial charge is 0.295 e. The summed E-state index contributed by atoms with van der Waals surface area (Å²) in [5, 5.41) is 3.54. The van der Waals surface area contributed by atoms with E-state index in [4.69, 9.17) is 0 Å². The van der Waals surface area contributed by atoms with Crippen LogP contribution in [0.15, 0.2) is 59.2 Å². The first-order valence-corrected chi connectivity index (χ1v) is 10.8. The van der Waals surface area contributed by atoms with Crippen LogP contribution in [-0.4, -0.2) is 40.2 Å². The van der Waals surface area contributed by atoms with Gasteiger partial charge in [0.25, 0.3) is 11.7 Å². The Morgan fingerprint density at radius 2 is 1.63 bits per heavy atom. The third-order valence-corrected chi connectivity index (χ3v) is 5.84. The van der Waals surface area contributed by atoms with Gasteiger partial charge in [0, 0.05) is 40.3 Å². The third-order valence-electron chi connectivity index (χ3n) is 5.31. The number of hydrogen-bond donors (Lipinski definition) is 1. The molecule has 1 aliphatic rings. The molecule has 3 aromatic rings. The van der Waals surface area contributed by atoms with Gasteiger partial charge in [0.15, 0.2) is 0 Å². The van der Waals surface area contributed by atoms with Crippen molar-refractivity contribution in [2.75, 3.05) is 18.4 Å². The van der Waals surface area contributed by atoms with Crippen molar-refractivity contribution in [1.29, 1.82) is 0 Å². The molecule has 4 rings (SSSR count). The van der Waals surface area contributed by atoms with Crippen molar-refractivity contribution in [3.63, 3.8) is 0 Å². The number of Topliss-reactive ketones (excluding diaryl/α,β-unsaturated/α-hetero) is 1. The van der Waals surface area contributed by atoms with Gasteiger partial charge in [-0.25, -0.2) is 0 Å². The van der Waals surface area contributed by atoms with E-state index in [2.05, 4.69) is 21.2 Å². The number of halogens is 1. The number of carbonyl (C=O) groups excluding carboxylic acids is 3. The Balaban J connectivity index is 1.57. The van der Waals surface area contributed by atoms with Crippen LogP contribution in [0.25, 0.3) is 10.9 Å². The molecule has 0 saturated carbocycles. The molecule has 2 heterocycles. The molecule has 1 N–H and O–H groups in total. The molecule has 6 nitrogen and oxygen atoms in total. The van der Waals surface area contributed by atoms with E-state index >= 15 is 0 Å². The Bertz CT molecular complexity index is 1100. The Kier molecular flexibility index (Phi) is 5.99. The number of piperidine rings is 1. The van der Waals surface area contributed by atoms with Gasteiger partial charge in [0.05, 0.1) is 5.56 Å². The van der Waals surface area contributed by atoms with Crippen molar-refractivity contribution in [2.45, 2.75) is 25.8 Å². The van der Waals surface area contributed by atoms with Crippen molar-refractivity contribution in [2.24, 2.45) is 0 Å². The fraction of sp³-hybridized carbons (Fsp3) is 0.261. The molecule has 0 unspecified atom stereocenters. The van der Waals surface area contributed by atoms with Crippen molar-refractivity contribution in [3.05, 3.63) is 64.8 Å². The number of likely N-dealkylation sites (tertiary alicyclic amines) is 1. The zero-order valence-corrected chi connectivity index (χ0v) is 18.0. The molecule has 0 radical (unpaired) electrons. The highest BCUT2D eigenvalue weighted by Gasteiger charge is 2.27. The van der Waals surface area contributed by atoms with Crippen molar-refractivity contribution >= 4 is 50.1 Å². The minimum Gasteiger partial charge on any atom is -0.337 e. The average molecular weight is 468 g/mol. The second-order valence-corrected chi connectivity index (χ2v) is 8.34. The molecule has 1 aliphatic heterocycles. The highest BCUT2D eigenvalue weighted by atomic mass is 79.9. The van der Waals surface area contributed by atoms with Gasteiger partial charge in [0.2, 0.25) is 5.91 Å². The van der Waals surface area contributed by atoms with Crippen LogP contribution < -0.4 is 5.32 Å². The predicted molar refractivity (Wildman–Crippen MR) is 119 cm³/mol. The lowest BCUT2D eigenvalue weighted by Gasteiger charge is -2.25. The number of hydrogen-bond acceptors (Lipinski definition) is 3. The number of amides is 2. The normalized spacial score (nSPS) is 14.0. The first-order chi connectivity index (χ1) is 14.5. The van der Waals surface area contributed by atoms with Gasteiger partial charge in [0.1, 0.15) is 6.54 Å². The van der Waals surface area contributed by atoms with Gasteiger partial charge in [-0.2, -0.15) is 0 Å². The first kappa shape index (κ1) is 20.3. The van der Waals surface area contributed by atoms with Crippen LogP contribution in [0, 0.1) is 0 Å². The van der Waals surface area contributed by atoms with Crippen LogP contribution in [0.5, 0.6) is 0 Å². The lowest BCUT2D eigenvalue weighted by atomic mass is 10.1. The number of nitrogens with zero attached hydrogens (tertiary/aromatic N) is 2. The molecule has 1 saturated heterocycles. The maximum absolute atomic E-state index is 13.0. The Morgan fingerprint density at radius 3 is 2.37 bits per heavy atom. The summed E-state index contributed by atoms with van der Waals surface area (Å²) in [6, 6.07) is 14.7. The van der Waals surface area contributed by atoms with E-state index in [0.29, 0.717) is 29.7 Å². The monoisotopic (exact) mass is 467 g/mol. The fourth-order valence-corrected chi connectivity index (χ4v) is 4.07. The summed E-state index contributed by atoms with van der Waals surface area (Å²) in [6.07, 6.45) is 4.56.